The number of rotatable bonds is 3. The molecular formula is C13H22N4O2. The van der Waals surface area contributed by atoms with E-state index >= 15 is 0 Å². The Morgan fingerprint density at radius 3 is 2.47 bits per heavy atom. The number of nitrogens with two attached hydrogens (primary N) is 1. The summed E-state index contributed by atoms with van der Waals surface area (Å²) < 4.78 is 5.17. The number of hydrogen-bond donors (Lipinski definition) is 1. The minimum Gasteiger partial charge on any atom is -0.361 e. The van der Waals surface area contributed by atoms with Crippen LogP contribution in [0.5, 0.6) is 0 Å². The van der Waals surface area contributed by atoms with Crippen LogP contribution < -0.4 is 5.73 Å². The number of carbonyl (C=O) groups excluding carboxylic acids is 1. The zero-order valence-corrected chi connectivity index (χ0v) is 11.8. The van der Waals surface area contributed by atoms with Gasteiger partial charge in [-0.1, -0.05) is 5.16 Å². The van der Waals surface area contributed by atoms with E-state index in [9.17, 15) is 4.79 Å². The van der Waals surface area contributed by atoms with Crippen LogP contribution in [0, 0.1) is 13.8 Å². The highest BCUT2D eigenvalue weighted by molar-refractivity contribution is 5.81. The van der Waals surface area contributed by atoms with Crippen LogP contribution in [-0.2, 0) is 11.3 Å². The summed E-state index contributed by atoms with van der Waals surface area (Å²) in [5, 5.41) is 3.97. The van der Waals surface area contributed by atoms with Crippen molar-refractivity contribution in [3.63, 3.8) is 0 Å². The molecule has 1 aromatic heterocycles. The summed E-state index contributed by atoms with van der Waals surface area (Å²) >= 11 is 0. The lowest BCUT2D eigenvalue weighted by Gasteiger charge is -2.35. The minimum atomic E-state index is -0.408. The van der Waals surface area contributed by atoms with Gasteiger partial charge in [0.25, 0.3) is 0 Å². The Morgan fingerprint density at radius 1 is 1.37 bits per heavy atom. The summed E-state index contributed by atoms with van der Waals surface area (Å²) in [6, 6.07) is -0.408. The molecule has 1 aliphatic rings. The largest absolute Gasteiger partial charge is 0.361 e. The third-order valence-corrected chi connectivity index (χ3v) is 3.64. The first-order chi connectivity index (χ1) is 8.99. The molecule has 0 bridgehead atoms. The van der Waals surface area contributed by atoms with Crippen molar-refractivity contribution in [1.82, 2.24) is 15.0 Å². The van der Waals surface area contributed by atoms with Gasteiger partial charge in [-0.2, -0.15) is 0 Å². The third-order valence-electron chi connectivity index (χ3n) is 3.64. The van der Waals surface area contributed by atoms with Crippen LogP contribution in [0.25, 0.3) is 0 Å². The SMILES string of the molecule is Cc1noc(C)c1CN1CCN(C(=O)C(C)N)CC1. The second-order valence-corrected chi connectivity index (χ2v) is 5.19. The van der Waals surface area contributed by atoms with E-state index in [4.69, 9.17) is 10.3 Å². The van der Waals surface area contributed by atoms with Gasteiger partial charge in [-0.3, -0.25) is 9.69 Å². The Balaban J connectivity index is 1.89. The third kappa shape index (κ3) is 3.13. The molecule has 1 unspecified atom stereocenters. The van der Waals surface area contributed by atoms with E-state index in [0.717, 1.165) is 49.7 Å². The van der Waals surface area contributed by atoms with Crippen LogP contribution in [0.2, 0.25) is 0 Å². The fourth-order valence-corrected chi connectivity index (χ4v) is 2.37. The van der Waals surface area contributed by atoms with Crippen LogP contribution in [0.15, 0.2) is 4.52 Å². The van der Waals surface area contributed by atoms with Gasteiger partial charge < -0.3 is 15.2 Å². The summed E-state index contributed by atoms with van der Waals surface area (Å²) in [7, 11) is 0. The molecule has 19 heavy (non-hydrogen) atoms. The van der Waals surface area contributed by atoms with Gasteiger partial charge in [-0.15, -0.1) is 0 Å². The van der Waals surface area contributed by atoms with Gasteiger partial charge in [-0.25, -0.2) is 0 Å². The predicted molar refractivity (Wildman–Crippen MR) is 71.5 cm³/mol. The van der Waals surface area contributed by atoms with Gasteiger partial charge in [0.15, 0.2) is 0 Å². The van der Waals surface area contributed by atoms with Gasteiger partial charge >= 0.3 is 0 Å². The van der Waals surface area contributed by atoms with Crippen molar-refractivity contribution in [3.8, 4) is 0 Å². The highest BCUT2D eigenvalue weighted by Crippen LogP contribution is 2.16. The molecule has 0 saturated carbocycles. The first kappa shape index (κ1) is 14.0. The van der Waals surface area contributed by atoms with Crippen molar-refractivity contribution in [2.45, 2.75) is 33.4 Å². The molecule has 1 aromatic rings. The summed E-state index contributed by atoms with van der Waals surface area (Å²) in [5.41, 5.74) is 7.74. The van der Waals surface area contributed by atoms with E-state index in [1.54, 1.807) is 6.92 Å². The lowest BCUT2D eigenvalue weighted by Crippen LogP contribution is -2.52. The summed E-state index contributed by atoms with van der Waals surface area (Å²) in [5.74, 6) is 0.920. The van der Waals surface area contributed by atoms with E-state index in [2.05, 4.69) is 10.1 Å². The molecule has 1 fully saturated rings. The number of aryl methyl sites for hydroxylation is 2. The normalized spacial score (nSPS) is 18.6. The second kappa shape index (κ2) is 5.71. The Bertz CT molecular complexity index is 428. The van der Waals surface area contributed by atoms with E-state index < -0.39 is 6.04 Å². The molecule has 6 nitrogen and oxygen atoms in total. The Kier molecular flexibility index (Phi) is 4.21. The highest BCUT2D eigenvalue weighted by Gasteiger charge is 2.24. The van der Waals surface area contributed by atoms with Crippen LogP contribution in [0.1, 0.15) is 23.9 Å². The molecular weight excluding hydrogens is 244 g/mol. The number of aromatic nitrogens is 1. The van der Waals surface area contributed by atoms with Crippen molar-refractivity contribution < 1.29 is 9.32 Å². The van der Waals surface area contributed by atoms with Gasteiger partial charge in [0, 0.05) is 38.3 Å². The molecule has 1 atom stereocenters. The van der Waals surface area contributed by atoms with E-state index in [1.807, 2.05) is 18.7 Å². The van der Waals surface area contributed by atoms with Crippen LogP contribution in [0.3, 0.4) is 0 Å². The Morgan fingerprint density at radius 2 is 2.00 bits per heavy atom. The maximum Gasteiger partial charge on any atom is 0.239 e. The van der Waals surface area contributed by atoms with Crippen LogP contribution >= 0.6 is 0 Å². The highest BCUT2D eigenvalue weighted by atomic mass is 16.5. The molecule has 0 radical (unpaired) electrons. The molecule has 1 aliphatic heterocycles. The average Bonchev–Trinajstić information content (AvgIpc) is 2.70. The van der Waals surface area contributed by atoms with Gasteiger partial charge in [0.2, 0.25) is 5.91 Å². The minimum absolute atomic E-state index is 0.0389. The molecule has 2 rings (SSSR count). The number of piperazine rings is 1. The quantitative estimate of drug-likeness (QED) is 0.850. The maximum absolute atomic E-state index is 11.8. The van der Waals surface area contributed by atoms with Crippen molar-refractivity contribution >= 4 is 5.91 Å². The Hall–Kier alpha value is -1.40. The molecule has 0 spiro atoms. The molecule has 0 aliphatic carbocycles. The van der Waals surface area contributed by atoms with Crippen LogP contribution in [0.4, 0.5) is 0 Å². The summed E-state index contributed by atoms with van der Waals surface area (Å²) in [6.07, 6.45) is 0. The number of carbonyl (C=O) groups is 1. The average molecular weight is 266 g/mol. The van der Waals surface area contributed by atoms with Gasteiger partial charge in [0.05, 0.1) is 11.7 Å². The number of amides is 1. The smallest absolute Gasteiger partial charge is 0.239 e. The fourth-order valence-electron chi connectivity index (χ4n) is 2.37. The molecule has 1 saturated heterocycles. The predicted octanol–water partition coefficient (Wildman–Crippen LogP) is 0.283. The fraction of sp³-hybridized carbons (Fsp3) is 0.692. The molecule has 6 heteroatoms. The van der Waals surface area contributed by atoms with Crippen molar-refractivity contribution in [1.29, 1.82) is 0 Å². The molecule has 0 aromatic carbocycles. The monoisotopic (exact) mass is 266 g/mol. The lowest BCUT2D eigenvalue weighted by atomic mass is 10.1. The van der Waals surface area contributed by atoms with Crippen LogP contribution in [-0.4, -0.2) is 53.1 Å². The first-order valence-corrected chi connectivity index (χ1v) is 6.67. The molecule has 106 valence electrons. The van der Waals surface area contributed by atoms with E-state index in [1.165, 1.54) is 0 Å². The first-order valence-electron chi connectivity index (χ1n) is 6.67. The van der Waals surface area contributed by atoms with E-state index in [0.29, 0.717) is 0 Å². The standard InChI is InChI=1S/C13H22N4O2/c1-9(14)13(18)17-6-4-16(5-7-17)8-12-10(2)15-19-11(12)3/h9H,4-8,14H2,1-3H3. The molecule has 1 amide bonds. The van der Waals surface area contributed by atoms with Gasteiger partial charge in [0.1, 0.15) is 5.76 Å². The second-order valence-electron chi connectivity index (χ2n) is 5.19. The Labute approximate surface area is 113 Å². The lowest BCUT2D eigenvalue weighted by molar-refractivity contribution is -0.134. The van der Waals surface area contributed by atoms with Crippen molar-refractivity contribution in [2.75, 3.05) is 26.2 Å². The van der Waals surface area contributed by atoms with Crippen molar-refractivity contribution in [3.05, 3.63) is 17.0 Å². The zero-order chi connectivity index (χ0) is 14.0. The number of hydrogen-bond acceptors (Lipinski definition) is 5. The summed E-state index contributed by atoms with van der Waals surface area (Å²) in [4.78, 5) is 15.9. The zero-order valence-electron chi connectivity index (χ0n) is 11.8. The topological polar surface area (TPSA) is 75.6 Å². The number of nitrogens with zero attached hydrogens (tertiary/aromatic N) is 3. The molecule has 2 heterocycles. The van der Waals surface area contributed by atoms with Gasteiger partial charge in [-0.05, 0) is 20.8 Å². The summed E-state index contributed by atoms with van der Waals surface area (Å²) in [6.45, 7) is 9.67. The van der Waals surface area contributed by atoms with E-state index in [-0.39, 0.29) is 5.91 Å². The maximum atomic E-state index is 11.8. The molecule has 2 N–H and O–H groups in total. The van der Waals surface area contributed by atoms with Crippen molar-refractivity contribution in [2.24, 2.45) is 5.73 Å².